The molecule has 1 saturated carbocycles. The van der Waals surface area contributed by atoms with Gasteiger partial charge in [0, 0.05) is 12.6 Å². The molecule has 3 atom stereocenters. The maximum Gasteiger partial charge on any atom is 0.416 e. The van der Waals surface area contributed by atoms with Crippen LogP contribution in [0.15, 0.2) is 48.5 Å². The zero-order valence-electron chi connectivity index (χ0n) is 20.0. The molecule has 1 unspecified atom stereocenters. The molecule has 1 heterocycles. The van der Waals surface area contributed by atoms with Crippen molar-refractivity contribution in [3.05, 3.63) is 70.8 Å². The quantitative estimate of drug-likeness (QED) is 0.424. The lowest BCUT2D eigenvalue weighted by atomic mass is 9.81. The molecule has 5 nitrogen and oxygen atoms in total. The number of hydrogen-bond acceptors (Lipinski definition) is 4. The lowest BCUT2D eigenvalue weighted by molar-refractivity contribution is -0.143. The largest absolute Gasteiger partial charge is 0.416 e. The maximum absolute atomic E-state index is 13.3. The Morgan fingerprint density at radius 1 is 1.00 bits per heavy atom. The fraction of sp³-hybridized carbons (Fsp3) is 0.520. The third-order valence-corrected chi connectivity index (χ3v) is 8.90. The Morgan fingerprint density at radius 2 is 1.59 bits per heavy atom. The average Bonchev–Trinajstić information content (AvgIpc) is 3.69. The molecule has 37 heavy (non-hydrogen) atoms. The van der Waals surface area contributed by atoms with Crippen LogP contribution in [0.3, 0.4) is 0 Å². The summed E-state index contributed by atoms with van der Waals surface area (Å²) < 4.78 is 113. The molecule has 0 amide bonds. The van der Waals surface area contributed by atoms with E-state index in [1.54, 1.807) is 0 Å². The molecule has 2 aromatic rings. The number of benzene rings is 2. The predicted molar refractivity (Wildman–Crippen MR) is 125 cm³/mol. The lowest BCUT2D eigenvalue weighted by Crippen LogP contribution is -2.57. The van der Waals surface area contributed by atoms with E-state index in [1.807, 2.05) is 30.3 Å². The molecule has 0 bridgehead atoms. The Labute approximate surface area is 211 Å². The topological polar surface area (TPSA) is 67.4 Å². The molecule has 0 spiro atoms. The molecule has 1 aliphatic carbocycles. The summed E-state index contributed by atoms with van der Waals surface area (Å²) in [6, 6.07) is 10.2. The van der Waals surface area contributed by atoms with Gasteiger partial charge in [0.15, 0.2) is 0 Å². The number of ether oxygens (including phenoxy) is 1. The van der Waals surface area contributed by atoms with E-state index in [0.717, 1.165) is 5.56 Å². The SMILES string of the molecule is CC(OC[C@@]1(c2ccccc2)CC[C@H](NS(=O)(=O)C2CC2)CN1)c1cc(C(F)(F)F)cc(C(F)(F)F)c1. The first-order valence-electron chi connectivity index (χ1n) is 11.9. The minimum absolute atomic E-state index is 0.0438. The van der Waals surface area contributed by atoms with Crippen molar-refractivity contribution in [1.29, 1.82) is 0 Å². The Morgan fingerprint density at radius 3 is 2.08 bits per heavy atom. The minimum atomic E-state index is -4.95. The van der Waals surface area contributed by atoms with Gasteiger partial charge in [0.2, 0.25) is 10.0 Å². The summed E-state index contributed by atoms with van der Waals surface area (Å²) in [6.45, 7) is 1.65. The van der Waals surface area contributed by atoms with Gasteiger partial charge in [0.05, 0.1) is 34.6 Å². The third-order valence-electron chi connectivity index (χ3n) is 6.89. The van der Waals surface area contributed by atoms with Crippen LogP contribution >= 0.6 is 0 Å². The van der Waals surface area contributed by atoms with Crippen LogP contribution in [0.5, 0.6) is 0 Å². The highest BCUT2D eigenvalue weighted by atomic mass is 32.2. The summed E-state index contributed by atoms with van der Waals surface area (Å²) >= 11 is 0. The van der Waals surface area contributed by atoms with E-state index >= 15 is 0 Å². The summed E-state index contributed by atoms with van der Waals surface area (Å²) in [5, 5.41) is 2.99. The molecule has 0 radical (unpaired) electrons. The summed E-state index contributed by atoms with van der Waals surface area (Å²) in [4.78, 5) is 0. The fourth-order valence-corrected chi connectivity index (χ4v) is 6.14. The predicted octanol–water partition coefficient (Wildman–Crippen LogP) is 5.53. The van der Waals surface area contributed by atoms with Crippen LogP contribution in [0.25, 0.3) is 0 Å². The van der Waals surface area contributed by atoms with Gasteiger partial charge in [0.25, 0.3) is 0 Å². The maximum atomic E-state index is 13.3. The van der Waals surface area contributed by atoms with Crippen LogP contribution in [-0.4, -0.2) is 32.9 Å². The van der Waals surface area contributed by atoms with Crippen molar-refractivity contribution in [2.45, 2.75) is 67.9 Å². The van der Waals surface area contributed by atoms with Crippen LogP contribution in [0.1, 0.15) is 61.0 Å². The van der Waals surface area contributed by atoms with Crippen LogP contribution in [0.4, 0.5) is 26.3 Å². The van der Waals surface area contributed by atoms with Gasteiger partial charge in [-0.25, -0.2) is 13.1 Å². The second-order valence-corrected chi connectivity index (χ2v) is 11.7. The molecule has 12 heteroatoms. The van der Waals surface area contributed by atoms with E-state index < -0.39 is 45.1 Å². The van der Waals surface area contributed by atoms with Crippen molar-refractivity contribution in [1.82, 2.24) is 10.0 Å². The van der Waals surface area contributed by atoms with E-state index in [4.69, 9.17) is 4.74 Å². The third kappa shape index (κ3) is 6.65. The Hall–Kier alpha value is -2.15. The van der Waals surface area contributed by atoms with E-state index in [2.05, 4.69) is 10.0 Å². The number of hydrogen-bond donors (Lipinski definition) is 2. The number of halogens is 6. The van der Waals surface area contributed by atoms with Crippen LogP contribution < -0.4 is 10.0 Å². The minimum Gasteiger partial charge on any atom is -0.372 e. The molecule has 0 aromatic heterocycles. The van der Waals surface area contributed by atoms with Crippen molar-refractivity contribution in [3.63, 3.8) is 0 Å². The summed E-state index contributed by atoms with van der Waals surface area (Å²) in [5.41, 5.74) is -3.01. The first-order chi connectivity index (χ1) is 17.2. The normalized spacial score (nSPS) is 24.1. The zero-order chi connectivity index (χ0) is 27.1. The molecular formula is C25H28F6N2O3S. The van der Waals surface area contributed by atoms with Gasteiger partial charge in [0.1, 0.15) is 0 Å². The van der Waals surface area contributed by atoms with Crippen molar-refractivity contribution >= 4 is 10.0 Å². The Kier molecular flexibility index (Phi) is 7.68. The Balaban J connectivity index is 1.53. The van der Waals surface area contributed by atoms with Crippen molar-refractivity contribution in [2.75, 3.05) is 13.2 Å². The van der Waals surface area contributed by atoms with Gasteiger partial charge >= 0.3 is 12.4 Å². The molecule has 4 rings (SSSR count). The van der Waals surface area contributed by atoms with Gasteiger partial charge < -0.3 is 10.1 Å². The Bertz CT molecular complexity index is 1160. The molecule has 204 valence electrons. The van der Waals surface area contributed by atoms with E-state index in [9.17, 15) is 34.8 Å². The molecular weight excluding hydrogens is 522 g/mol. The van der Waals surface area contributed by atoms with Gasteiger partial charge in [-0.1, -0.05) is 30.3 Å². The standard InChI is InChI=1S/C25H28F6N2O3S/c1-16(17-11-19(24(26,27)28)13-20(12-17)25(29,30)31)36-15-23(18-5-3-2-4-6-18)10-9-21(14-32-23)33-37(34,35)22-7-8-22/h2-6,11-13,16,21-22,32-33H,7-10,14-15H2,1H3/t16?,21-,23+/m0/s1. The highest BCUT2D eigenvalue weighted by Gasteiger charge is 2.42. The van der Waals surface area contributed by atoms with Crippen molar-refractivity contribution in [2.24, 2.45) is 0 Å². The van der Waals surface area contributed by atoms with Crippen molar-refractivity contribution < 1.29 is 39.5 Å². The monoisotopic (exact) mass is 550 g/mol. The average molecular weight is 551 g/mol. The number of piperidine rings is 1. The molecule has 1 aliphatic heterocycles. The van der Waals surface area contributed by atoms with Crippen LogP contribution in [0.2, 0.25) is 0 Å². The first-order valence-corrected chi connectivity index (χ1v) is 13.5. The van der Waals surface area contributed by atoms with Gasteiger partial charge in [-0.2, -0.15) is 26.3 Å². The van der Waals surface area contributed by atoms with Crippen molar-refractivity contribution in [3.8, 4) is 0 Å². The number of sulfonamides is 1. The first kappa shape index (κ1) is 27.9. The molecule has 2 aliphatic rings. The van der Waals surface area contributed by atoms with E-state index in [0.29, 0.717) is 44.4 Å². The molecule has 2 N–H and O–H groups in total. The number of alkyl halides is 6. The van der Waals surface area contributed by atoms with Gasteiger partial charge in [-0.15, -0.1) is 0 Å². The molecule has 2 fully saturated rings. The van der Waals surface area contributed by atoms with Gasteiger partial charge in [-0.3, -0.25) is 0 Å². The van der Waals surface area contributed by atoms with Gasteiger partial charge in [-0.05, 0) is 61.9 Å². The molecule has 2 aromatic carbocycles. The fourth-order valence-electron chi connectivity index (χ4n) is 4.52. The highest BCUT2D eigenvalue weighted by molar-refractivity contribution is 7.90. The molecule has 1 saturated heterocycles. The smallest absolute Gasteiger partial charge is 0.372 e. The summed E-state index contributed by atoms with van der Waals surface area (Å²) in [7, 11) is -3.39. The zero-order valence-corrected chi connectivity index (χ0v) is 20.8. The van der Waals surface area contributed by atoms with E-state index in [1.165, 1.54) is 6.92 Å². The van der Waals surface area contributed by atoms with Crippen LogP contribution in [0, 0.1) is 0 Å². The highest BCUT2D eigenvalue weighted by Crippen LogP contribution is 2.39. The lowest BCUT2D eigenvalue weighted by Gasteiger charge is -2.42. The number of nitrogens with one attached hydrogen (secondary N) is 2. The second kappa shape index (κ2) is 10.2. The van der Waals surface area contributed by atoms with E-state index in [-0.39, 0.29) is 29.5 Å². The summed E-state index contributed by atoms with van der Waals surface area (Å²) in [5.74, 6) is 0. The number of rotatable bonds is 8. The van der Waals surface area contributed by atoms with Crippen LogP contribution in [-0.2, 0) is 32.7 Å². The summed E-state index contributed by atoms with van der Waals surface area (Å²) in [6.07, 6.45) is -8.77. The second-order valence-electron chi connectivity index (χ2n) is 9.72.